The average Bonchev–Trinajstić information content (AvgIpc) is 3.34. The van der Waals surface area contributed by atoms with Crippen molar-refractivity contribution in [2.24, 2.45) is 0 Å². The van der Waals surface area contributed by atoms with Crippen LogP contribution in [0.15, 0.2) is 54.7 Å². The maximum atomic E-state index is 13.1. The SMILES string of the molecule is Cl.O=C(c1cccc(N2Cc3cn(Cc4ccc(F)cc4)nc3C2)c1)N1CCNCC1. The molecule has 1 aromatic heterocycles. The van der Waals surface area contributed by atoms with Crippen LogP contribution in [0.25, 0.3) is 0 Å². The molecule has 1 fully saturated rings. The van der Waals surface area contributed by atoms with Gasteiger partial charge in [-0.1, -0.05) is 18.2 Å². The minimum Gasteiger partial charge on any atom is -0.361 e. The van der Waals surface area contributed by atoms with Crippen molar-refractivity contribution in [3.8, 4) is 0 Å². The van der Waals surface area contributed by atoms with E-state index in [0.29, 0.717) is 6.54 Å². The number of fused-ring (bicyclic) bond motifs is 1. The van der Waals surface area contributed by atoms with Crippen LogP contribution in [-0.2, 0) is 19.6 Å². The van der Waals surface area contributed by atoms with Crippen LogP contribution >= 0.6 is 12.4 Å². The van der Waals surface area contributed by atoms with Gasteiger partial charge >= 0.3 is 0 Å². The first kappa shape index (κ1) is 21.3. The summed E-state index contributed by atoms with van der Waals surface area (Å²) in [6.07, 6.45) is 2.06. The molecular weight excluding hydrogens is 417 g/mol. The molecule has 6 nitrogen and oxygen atoms in total. The van der Waals surface area contributed by atoms with Crippen LogP contribution in [0.3, 0.4) is 0 Å². The predicted octanol–water partition coefficient (Wildman–Crippen LogP) is 3.06. The number of amides is 1. The average molecular weight is 442 g/mol. The monoisotopic (exact) mass is 441 g/mol. The molecule has 0 saturated carbocycles. The van der Waals surface area contributed by atoms with Gasteiger partial charge in [0.25, 0.3) is 5.91 Å². The summed E-state index contributed by atoms with van der Waals surface area (Å²) in [6, 6.07) is 14.4. The second-order valence-electron chi connectivity index (χ2n) is 7.87. The highest BCUT2D eigenvalue weighted by Gasteiger charge is 2.24. The Hall–Kier alpha value is -2.90. The standard InChI is InChI=1S/C23H24FN5O.ClH/c24-20-6-4-17(5-7-20)13-29-15-19-14-28(16-22(19)26-29)21-3-1-2-18(12-21)23(30)27-10-8-25-9-11-27;/h1-7,12,15,25H,8-11,13-14,16H2;1H. The minimum atomic E-state index is -0.227. The van der Waals surface area contributed by atoms with E-state index in [9.17, 15) is 9.18 Å². The summed E-state index contributed by atoms with van der Waals surface area (Å²) >= 11 is 0. The van der Waals surface area contributed by atoms with Gasteiger partial charge < -0.3 is 15.1 Å². The van der Waals surface area contributed by atoms with Crippen molar-refractivity contribution in [2.75, 3.05) is 31.1 Å². The Bertz CT molecular complexity index is 1040. The predicted molar refractivity (Wildman–Crippen MR) is 120 cm³/mol. The Balaban J connectivity index is 0.00000231. The van der Waals surface area contributed by atoms with Crippen LogP contribution in [0, 0.1) is 5.82 Å². The number of carbonyl (C=O) groups excluding carboxylic acids is 1. The molecule has 8 heteroatoms. The number of hydrogen-bond donors (Lipinski definition) is 1. The molecule has 2 aromatic carbocycles. The molecule has 3 aromatic rings. The number of hydrogen-bond acceptors (Lipinski definition) is 4. The number of benzene rings is 2. The fraction of sp³-hybridized carbons (Fsp3) is 0.304. The van der Waals surface area contributed by atoms with Crippen LogP contribution in [0.5, 0.6) is 0 Å². The number of nitrogens with zero attached hydrogens (tertiary/aromatic N) is 4. The lowest BCUT2D eigenvalue weighted by Crippen LogP contribution is -2.46. The molecule has 0 bridgehead atoms. The second kappa shape index (κ2) is 9.08. The van der Waals surface area contributed by atoms with Crippen LogP contribution in [0.2, 0.25) is 0 Å². The molecule has 0 spiro atoms. The van der Waals surface area contributed by atoms with E-state index in [4.69, 9.17) is 5.10 Å². The van der Waals surface area contributed by atoms with Gasteiger partial charge in [-0.05, 0) is 35.9 Å². The second-order valence-corrected chi connectivity index (χ2v) is 7.87. The van der Waals surface area contributed by atoms with Crippen molar-refractivity contribution in [3.63, 3.8) is 0 Å². The summed E-state index contributed by atoms with van der Waals surface area (Å²) in [6.45, 7) is 5.31. The lowest BCUT2D eigenvalue weighted by Gasteiger charge is -2.28. The summed E-state index contributed by atoms with van der Waals surface area (Å²) in [4.78, 5) is 17.0. The van der Waals surface area contributed by atoms with Gasteiger partial charge in [0.1, 0.15) is 5.82 Å². The number of anilines is 1. The lowest BCUT2D eigenvalue weighted by molar-refractivity contribution is 0.0736. The molecule has 1 saturated heterocycles. The zero-order chi connectivity index (χ0) is 20.5. The first-order chi connectivity index (χ1) is 14.7. The van der Waals surface area contributed by atoms with Crippen molar-refractivity contribution in [2.45, 2.75) is 19.6 Å². The summed E-state index contributed by atoms with van der Waals surface area (Å²) in [5.41, 5.74) is 5.04. The molecule has 1 N–H and O–H groups in total. The van der Waals surface area contributed by atoms with Gasteiger partial charge in [-0.2, -0.15) is 5.10 Å². The molecular formula is C23H25ClFN5O. The van der Waals surface area contributed by atoms with Crippen LogP contribution in [-0.4, -0.2) is 46.8 Å². The van der Waals surface area contributed by atoms with E-state index in [1.807, 2.05) is 33.8 Å². The molecule has 2 aliphatic rings. The molecule has 0 atom stereocenters. The van der Waals surface area contributed by atoms with Crippen molar-refractivity contribution < 1.29 is 9.18 Å². The number of rotatable bonds is 4. The fourth-order valence-electron chi connectivity index (χ4n) is 4.14. The van der Waals surface area contributed by atoms with Crippen LogP contribution in [0.4, 0.5) is 10.1 Å². The number of halogens is 2. The van der Waals surface area contributed by atoms with E-state index >= 15 is 0 Å². The van der Waals surface area contributed by atoms with Crippen molar-refractivity contribution in [3.05, 3.63) is 82.9 Å². The Labute approximate surface area is 187 Å². The Kier molecular flexibility index (Phi) is 6.25. The molecule has 0 unspecified atom stereocenters. The molecule has 0 radical (unpaired) electrons. The normalized spacial score (nSPS) is 15.5. The fourth-order valence-corrected chi connectivity index (χ4v) is 4.14. The third-order valence-corrected chi connectivity index (χ3v) is 5.75. The van der Waals surface area contributed by atoms with Crippen LogP contribution < -0.4 is 10.2 Å². The van der Waals surface area contributed by atoms with Gasteiger partial charge in [0.15, 0.2) is 0 Å². The van der Waals surface area contributed by atoms with Gasteiger partial charge in [-0.15, -0.1) is 12.4 Å². The number of aromatic nitrogens is 2. The molecule has 162 valence electrons. The van der Waals surface area contributed by atoms with Crippen LogP contribution in [0.1, 0.15) is 27.2 Å². The van der Waals surface area contributed by atoms with Gasteiger partial charge in [0.05, 0.1) is 18.8 Å². The number of nitrogens with one attached hydrogen (secondary N) is 1. The van der Waals surface area contributed by atoms with E-state index in [2.05, 4.69) is 16.4 Å². The van der Waals surface area contributed by atoms with E-state index in [1.165, 1.54) is 17.7 Å². The molecule has 3 heterocycles. The van der Waals surface area contributed by atoms with E-state index in [-0.39, 0.29) is 24.1 Å². The molecule has 2 aliphatic heterocycles. The number of piperazine rings is 1. The van der Waals surface area contributed by atoms with E-state index in [0.717, 1.165) is 61.8 Å². The maximum Gasteiger partial charge on any atom is 0.254 e. The van der Waals surface area contributed by atoms with Gasteiger partial charge in [-0.3, -0.25) is 9.48 Å². The van der Waals surface area contributed by atoms with E-state index in [1.54, 1.807) is 12.1 Å². The van der Waals surface area contributed by atoms with E-state index < -0.39 is 0 Å². The third-order valence-electron chi connectivity index (χ3n) is 5.75. The summed E-state index contributed by atoms with van der Waals surface area (Å²) in [5, 5.41) is 7.99. The summed E-state index contributed by atoms with van der Waals surface area (Å²) < 4.78 is 15.0. The largest absolute Gasteiger partial charge is 0.361 e. The smallest absolute Gasteiger partial charge is 0.254 e. The lowest BCUT2D eigenvalue weighted by atomic mass is 10.1. The Morgan fingerprint density at radius 1 is 1.06 bits per heavy atom. The third kappa shape index (κ3) is 4.57. The molecule has 0 aliphatic carbocycles. The minimum absolute atomic E-state index is 0. The highest BCUT2D eigenvalue weighted by atomic mass is 35.5. The van der Waals surface area contributed by atoms with Gasteiger partial charge in [-0.25, -0.2) is 4.39 Å². The highest BCUT2D eigenvalue weighted by molar-refractivity contribution is 5.95. The summed E-state index contributed by atoms with van der Waals surface area (Å²) in [5.74, 6) is -0.130. The first-order valence-corrected chi connectivity index (χ1v) is 10.3. The molecule has 5 rings (SSSR count). The summed E-state index contributed by atoms with van der Waals surface area (Å²) in [7, 11) is 0. The van der Waals surface area contributed by atoms with Gasteiger partial charge in [0, 0.05) is 55.7 Å². The quantitative estimate of drug-likeness (QED) is 0.676. The molecule has 31 heavy (non-hydrogen) atoms. The zero-order valence-corrected chi connectivity index (χ0v) is 17.9. The highest BCUT2D eigenvalue weighted by Crippen LogP contribution is 2.28. The first-order valence-electron chi connectivity index (χ1n) is 10.3. The molecule has 1 amide bonds. The van der Waals surface area contributed by atoms with Crippen molar-refractivity contribution in [1.29, 1.82) is 0 Å². The van der Waals surface area contributed by atoms with Crippen molar-refractivity contribution in [1.82, 2.24) is 20.0 Å². The van der Waals surface area contributed by atoms with Gasteiger partial charge in [0.2, 0.25) is 0 Å². The maximum absolute atomic E-state index is 13.1. The number of carbonyl (C=O) groups is 1. The Morgan fingerprint density at radius 2 is 1.84 bits per heavy atom. The Morgan fingerprint density at radius 3 is 2.58 bits per heavy atom. The zero-order valence-electron chi connectivity index (χ0n) is 17.1. The van der Waals surface area contributed by atoms with Crippen molar-refractivity contribution >= 4 is 24.0 Å². The topological polar surface area (TPSA) is 53.4 Å².